The van der Waals surface area contributed by atoms with Gasteiger partial charge in [-0.15, -0.1) is 5.10 Å². The van der Waals surface area contributed by atoms with Crippen molar-refractivity contribution in [3.63, 3.8) is 0 Å². The minimum absolute atomic E-state index is 0.505. The molecule has 0 spiro atoms. The van der Waals surface area contributed by atoms with Crippen LogP contribution in [0.25, 0.3) is 5.65 Å². The molecule has 0 bridgehead atoms. The number of piperidine rings is 1. The van der Waals surface area contributed by atoms with Crippen molar-refractivity contribution in [2.45, 2.75) is 25.4 Å². The van der Waals surface area contributed by atoms with Gasteiger partial charge < -0.3 is 9.30 Å². The summed E-state index contributed by atoms with van der Waals surface area (Å²) >= 11 is 0. The standard InChI is InChI=1S/C18H22N6/c1-22(12-15-13-23-10-3-2-7-17(23)20-15)16-6-5-11-24(14-16)18-8-4-9-19-21-18/h2-4,7-10,13,16H,5-6,11-12,14H2,1H3/t16-/m1/s1. The zero-order valence-corrected chi connectivity index (χ0v) is 13.9. The zero-order valence-electron chi connectivity index (χ0n) is 13.9. The Morgan fingerprint density at radius 3 is 3.04 bits per heavy atom. The van der Waals surface area contributed by atoms with E-state index in [-0.39, 0.29) is 0 Å². The third-order valence-electron chi connectivity index (χ3n) is 4.73. The topological polar surface area (TPSA) is 49.6 Å². The van der Waals surface area contributed by atoms with Gasteiger partial charge in [0.25, 0.3) is 0 Å². The molecule has 6 nitrogen and oxygen atoms in total. The van der Waals surface area contributed by atoms with Crippen LogP contribution in [0.5, 0.6) is 0 Å². The van der Waals surface area contributed by atoms with Crippen molar-refractivity contribution in [2.75, 3.05) is 25.0 Å². The van der Waals surface area contributed by atoms with Crippen molar-refractivity contribution in [1.29, 1.82) is 0 Å². The highest BCUT2D eigenvalue weighted by Gasteiger charge is 2.24. The molecule has 0 radical (unpaired) electrons. The molecule has 6 heteroatoms. The second-order valence-electron chi connectivity index (χ2n) is 6.44. The number of hydrogen-bond donors (Lipinski definition) is 0. The molecular weight excluding hydrogens is 300 g/mol. The van der Waals surface area contributed by atoms with Crippen molar-refractivity contribution in [1.82, 2.24) is 24.5 Å². The lowest BCUT2D eigenvalue weighted by molar-refractivity contribution is 0.205. The summed E-state index contributed by atoms with van der Waals surface area (Å²) in [5, 5.41) is 8.25. The summed E-state index contributed by atoms with van der Waals surface area (Å²) in [6.45, 7) is 2.90. The first-order valence-corrected chi connectivity index (χ1v) is 8.45. The number of rotatable bonds is 4. The summed E-state index contributed by atoms with van der Waals surface area (Å²) in [5.41, 5.74) is 2.12. The molecule has 1 aliphatic heterocycles. The second kappa shape index (κ2) is 6.57. The van der Waals surface area contributed by atoms with E-state index in [1.807, 2.05) is 36.5 Å². The highest BCUT2D eigenvalue weighted by molar-refractivity contribution is 5.39. The molecule has 1 aliphatic rings. The van der Waals surface area contributed by atoms with Crippen LogP contribution in [0.4, 0.5) is 5.82 Å². The maximum Gasteiger partial charge on any atom is 0.151 e. The van der Waals surface area contributed by atoms with Crippen LogP contribution in [-0.4, -0.2) is 50.7 Å². The summed E-state index contributed by atoms with van der Waals surface area (Å²) in [5.74, 6) is 0.975. The number of hydrogen-bond acceptors (Lipinski definition) is 5. The number of anilines is 1. The molecule has 1 atom stereocenters. The van der Waals surface area contributed by atoms with Gasteiger partial charge in [0.1, 0.15) is 5.65 Å². The first-order valence-electron chi connectivity index (χ1n) is 8.45. The van der Waals surface area contributed by atoms with Crippen molar-refractivity contribution < 1.29 is 0 Å². The van der Waals surface area contributed by atoms with Crippen molar-refractivity contribution in [3.05, 3.63) is 54.6 Å². The van der Waals surface area contributed by atoms with Gasteiger partial charge in [-0.2, -0.15) is 5.10 Å². The van der Waals surface area contributed by atoms with Crippen LogP contribution in [0.1, 0.15) is 18.5 Å². The monoisotopic (exact) mass is 322 g/mol. The van der Waals surface area contributed by atoms with E-state index in [9.17, 15) is 0 Å². The van der Waals surface area contributed by atoms with Gasteiger partial charge in [0.2, 0.25) is 0 Å². The van der Waals surface area contributed by atoms with E-state index in [2.05, 4.69) is 37.6 Å². The number of likely N-dealkylation sites (N-methyl/N-ethyl adjacent to an activating group) is 1. The van der Waals surface area contributed by atoms with Gasteiger partial charge in [-0.25, -0.2) is 4.98 Å². The predicted octanol–water partition coefficient (Wildman–Crippen LogP) is 2.23. The van der Waals surface area contributed by atoms with E-state index < -0.39 is 0 Å². The SMILES string of the molecule is CN(Cc1cn2ccccc2n1)[C@@H]1CCCN(c2cccnn2)C1. The van der Waals surface area contributed by atoms with E-state index in [0.29, 0.717) is 6.04 Å². The molecule has 0 unspecified atom stereocenters. The van der Waals surface area contributed by atoms with E-state index in [1.165, 1.54) is 12.8 Å². The van der Waals surface area contributed by atoms with Gasteiger partial charge >= 0.3 is 0 Å². The summed E-state index contributed by atoms with van der Waals surface area (Å²) in [6.07, 6.45) is 8.27. The minimum atomic E-state index is 0.505. The smallest absolute Gasteiger partial charge is 0.151 e. The molecule has 4 rings (SSSR count). The van der Waals surface area contributed by atoms with Gasteiger partial charge in [-0.05, 0) is 44.2 Å². The van der Waals surface area contributed by atoms with Crippen LogP contribution in [0.2, 0.25) is 0 Å². The molecule has 1 saturated heterocycles. The van der Waals surface area contributed by atoms with Crippen molar-refractivity contribution in [2.24, 2.45) is 0 Å². The fourth-order valence-electron chi connectivity index (χ4n) is 3.43. The summed E-state index contributed by atoms with van der Waals surface area (Å²) in [4.78, 5) is 9.45. The van der Waals surface area contributed by atoms with Gasteiger partial charge in [0.05, 0.1) is 5.69 Å². The van der Waals surface area contributed by atoms with Crippen molar-refractivity contribution in [3.8, 4) is 0 Å². The van der Waals surface area contributed by atoms with E-state index >= 15 is 0 Å². The normalized spacial score (nSPS) is 18.4. The number of nitrogens with zero attached hydrogens (tertiary/aromatic N) is 6. The third-order valence-corrected chi connectivity index (χ3v) is 4.73. The quantitative estimate of drug-likeness (QED) is 0.737. The molecule has 0 N–H and O–H groups in total. The van der Waals surface area contributed by atoms with E-state index in [1.54, 1.807) is 6.20 Å². The highest BCUT2D eigenvalue weighted by Crippen LogP contribution is 2.20. The Bertz CT molecular complexity index is 766. The van der Waals surface area contributed by atoms with E-state index in [4.69, 9.17) is 4.98 Å². The third kappa shape index (κ3) is 3.10. The molecule has 3 aromatic heterocycles. The number of imidazole rings is 1. The largest absolute Gasteiger partial charge is 0.354 e. The Labute approximate surface area is 141 Å². The molecule has 4 heterocycles. The molecule has 0 amide bonds. The average Bonchev–Trinajstić information content (AvgIpc) is 3.05. The fraction of sp³-hybridized carbons (Fsp3) is 0.389. The van der Waals surface area contributed by atoms with Gasteiger partial charge in [0, 0.05) is 44.3 Å². The van der Waals surface area contributed by atoms with Crippen LogP contribution in [-0.2, 0) is 6.54 Å². The molecule has 124 valence electrons. The molecule has 1 fully saturated rings. The summed E-state index contributed by atoms with van der Waals surface area (Å²) in [7, 11) is 2.19. The van der Waals surface area contributed by atoms with Crippen LogP contribution >= 0.6 is 0 Å². The number of aromatic nitrogens is 4. The minimum Gasteiger partial charge on any atom is -0.354 e. The predicted molar refractivity (Wildman–Crippen MR) is 93.9 cm³/mol. The number of pyridine rings is 1. The Morgan fingerprint density at radius 2 is 2.21 bits per heavy atom. The van der Waals surface area contributed by atoms with E-state index in [0.717, 1.165) is 36.8 Å². The molecular formula is C18H22N6. The lowest BCUT2D eigenvalue weighted by atomic mass is 10.0. The molecule has 0 aromatic carbocycles. The molecule has 0 saturated carbocycles. The fourth-order valence-corrected chi connectivity index (χ4v) is 3.43. The maximum atomic E-state index is 4.71. The average molecular weight is 322 g/mol. The Morgan fingerprint density at radius 1 is 1.25 bits per heavy atom. The highest BCUT2D eigenvalue weighted by atomic mass is 15.3. The van der Waals surface area contributed by atoms with Gasteiger partial charge in [-0.1, -0.05) is 6.07 Å². The second-order valence-corrected chi connectivity index (χ2v) is 6.44. The van der Waals surface area contributed by atoms with Crippen LogP contribution < -0.4 is 4.90 Å². The first-order chi connectivity index (χ1) is 11.8. The van der Waals surface area contributed by atoms with Crippen molar-refractivity contribution >= 4 is 11.5 Å². The Balaban J connectivity index is 1.44. The zero-order chi connectivity index (χ0) is 16.4. The maximum absolute atomic E-state index is 4.71. The van der Waals surface area contributed by atoms with Gasteiger partial charge in [0.15, 0.2) is 5.82 Å². The Hall–Kier alpha value is -2.47. The number of fused-ring (bicyclic) bond motifs is 1. The van der Waals surface area contributed by atoms with Crippen LogP contribution in [0.3, 0.4) is 0 Å². The first kappa shape index (κ1) is 15.1. The molecule has 3 aromatic rings. The van der Waals surface area contributed by atoms with Crippen LogP contribution in [0.15, 0.2) is 48.9 Å². The summed E-state index contributed by atoms with van der Waals surface area (Å²) in [6, 6.07) is 10.6. The molecule has 24 heavy (non-hydrogen) atoms. The Kier molecular flexibility index (Phi) is 4.13. The lowest BCUT2D eigenvalue weighted by Crippen LogP contribution is -2.46. The lowest BCUT2D eigenvalue weighted by Gasteiger charge is -2.37. The van der Waals surface area contributed by atoms with Crippen LogP contribution in [0, 0.1) is 0 Å². The van der Waals surface area contributed by atoms with Gasteiger partial charge in [-0.3, -0.25) is 4.90 Å². The summed E-state index contributed by atoms with van der Waals surface area (Å²) < 4.78 is 2.08. The molecule has 0 aliphatic carbocycles.